The minimum absolute atomic E-state index is 0.145. The van der Waals surface area contributed by atoms with Crippen LogP contribution in [-0.4, -0.2) is 28.9 Å². The molecule has 0 aliphatic heterocycles. The van der Waals surface area contributed by atoms with Gasteiger partial charge >= 0.3 is 0 Å². The van der Waals surface area contributed by atoms with Gasteiger partial charge in [-0.2, -0.15) is 0 Å². The van der Waals surface area contributed by atoms with Gasteiger partial charge in [0.25, 0.3) is 5.91 Å². The predicted octanol–water partition coefficient (Wildman–Crippen LogP) is 5.14. The number of benzene rings is 1. The number of allylic oxidation sites excluding steroid dienone is 2. The number of hydrogen-bond acceptors (Lipinski definition) is 4. The Labute approximate surface area is 213 Å². The number of halogens is 1. The maximum absolute atomic E-state index is 13.0. The summed E-state index contributed by atoms with van der Waals surface area (Å²) >= 11 is 0. The van der Waals surface area contributed by atoms with Gasteiger partial charge < -0.3 is 15.3 Å². The molecule has 36 heavy (non-hydrogen) atoms. The number of terminal acetylenes is 1. The van der Waals surface area contributed by atoms with Crippen LogP contribution in [0.25, 0.3) is 0 Å². The lowest BCUT2D eigenvalue weighted by Crippen LogP contribution is -2.54. The van der Waals surface area contributed by atoms with Crippen LogP contribution < -0.4 is 5.32 Å². The van der Waals surface area contributed by atoms with Gasteiger partial charge in [-0.25, -0.2) is 4.39 Å². The third kappa shape index (κ3) is 4.16. The number of fused-ring (bicyclic) bond motifs is 5. The van der Waals surface area contributed by atoms with Crippen molar-refractivity contribution in [1.29, 1.82) is 0 Å². The zero-order valence-corrected chi connectivity index (χ0v) is 21.4. The second-order valence-electron chi connectivity index (χ2n) is 11.8. The molecule has 4 aliphatic carbocycles. The van der Waals surface area contributed by atoms with E-state index < -0.39 is 5.60 Å². The highest BCUT2D eigenvalue weighted by Gasteiger charge is 2.63. The fraction of sp³-hybridized carbons (Fsp3) is 0.600. The Morgan fingerprint density at radius 2 is 1.92 bits per heavy atom. The Morgan fingerprint density at radius 3 is 2.67 bits per heavy atom. The molecule has 0 saturated heterocycles. The van der Waals surface area contributed by atoms with Crippen LogP contribution in [0, 0.1) is 46.7 Å². The normalized spacial score (nSPS) is 38.2. The predicted molar refractivity (Wildman–Crippen MR) is 137 cm³/mol. The Kier molecular flexibility index (Phi) is 6.49. The third-order valence-electron chi connectivity index (χ3n) is 10.1. The number of oxime groups is 1. The van der Waals surface area contributed by atoms with Crippen molar-refractivity contribution in [2.75, 3.05) is 6.61 Å². The van der Waals surface area contributed by atoms with E-state index in [1.54, 1.807) is 12.1 Å². The molecule has 4 aliphatic rings. The summed E-state index contributed by atoms with van der Waals surface area (Å²) in [5.74, 6) is 3.91. The molecule has 0 radical (unpaired) electrons. The Balaban J connectivity index is 1.19. The number of carbonyl (C=O) groups is 1. The van der Waals surface area contributed by atoms with Crippen molar-refractivity contribution >= 4 is 11.6 Å². The summed E-state index contributed by atoms with van der Waals surface area (Å²) in [4.78, 5) is 17.5. The smallest absolute Gasteiger partial charge is 0.261 e. The fourth-order valence-electron chi connectivity index (χ4n) is 7.92. The van der Waals surface area contributed by atoms with Crippen LogP contribution in [0.2, 0.25) is 0 Å². The second kappa shape index (κ2) is 9.34. The standard InChI is InChI=1S/C30H37FN2O3/c1-4-30(35)16-13-26-24-10-7-21-17-23(11-14-28(21,2)25(24)12-15-29(26,30)3)33-36-19-27(34)32-18-20-5-8-22(31)9-6-20/h1,5-6,8-9,17,24-26,35H,7,10-16,18-19H2,2-3H3,(H,32,34)/b33-23+/t24-,25+,26+,28+,29+,30-/m1/s1. The first-order valence-corrected chi connectivity index (χ1v) is 13.3. The molecule has 5 nitrogen and oxygen atoms in total. The lowest BCUT2D eigenvalue weighted by molar-refractivity contribution is -0.125. The maximum atomic E-state index is 13.0. The van der Waals surface area contributed by atoms with Crippen LogP contribution >= 0.6 is 0 Å². The number of amides is 1. The minimum Gasteiger partial charge on any atom is -0.385 e. The minimum atomic E-state index is -0.964. The molecule has 3 saturated carbocycles. The number of nitrogens with zero attached hydrogens (tertiary/aromatic N) is 1. The van der Waals surface area contributed by atoms with E-state index in [0.29, 0.717) is 24.3 Å². The molecule has 1 aromatic rings. The first-order valence-electron chi connectivity index (χ1n) is 13.3. The average Bonchev–Trinajstić information content (AvgIpc) is 3.15. The van der Waals surface area contributed by atoms with Crippen molar-refractivity contribution < 1.29 is 19.1 Å². The highest BCUT2D eigenvalue weighted by atomic mass is 19.1. The number of carbonyl (C=O) groups excluding carboxylic acids is 1. The molecule has 0 unspecified atom stereocenters. The van der Waals surface area contributed by atoms with Gasteiger partial charge in [-0.05, 0) is 98.3 Å². The molecule has 1 aromatic carbocycles. The summed E-state index contributed by atoms with van der Waals surface area (Å²) < 4.78 is 13.0. The van der Waals surface area contributed by atoms with Gasteiger partial charge in [-0.1, -0.05) is 42.6 Å². The summed E-state index contributed by atoms with van der Waals surface area (Å²) in [5.41, 5.74) is 2.18. The van der Waals surface area contributed by atoms with Crippen LogP contribution in [0.4, 0.5) is 4.39 Å². The summed E-state index contributed by atoms with van der Waals surface area (Å²) in [5, 5.41) is 18.2. The molecule has 0 spiro atoms. The Bertz CT molecular complexity index is 1120. The molecule has 0 aromatic heterocycles. The molecule has 192 valence electrons. The third-order valence-corrected chi connectivity index (χ3v) is 10.1. The van der Waals surface area contributed by atoms with E-state index in [1.807, 2.05) is 0 Å². The molecule has 1 amide bonds. The molecule has 6 heteroatoms. The van der Waals surface area contributed by atoms with Crippen molar-refractivity contribution in [3.05, 3.63) is 47.3 Å². The van der Waals surface area contributed by atoms with Crippen molar-refractivity contribution in [2.45, 2.75) is 77.4 Å². The summed E-state index contributed by atoms with van der Waals surface area (Å²) in [6, 6.07) is 6.04. The van der Waals surface area contributed by atoms with Crippen LogP contribution in [0.15, 0.2) is 41.1 Å². The molecular formula is C30H37FN2O3. The van der Waals surface area contributed by atoms with E-state index in [4.69, 9.17) is 11.3 Å². The zero-order chi connectivity index (χ0) is 25.6. The van der Waals surface area contributed by atoms with Crippen molar-refractivity contribution in [3.8, 4) is 12.3 Å². The summed E-state index contributed by atoms with van der Waals surface area (Å²) in [6.07, 6.45) is 15.9. The van der Waals surface area contributed by atoms with E-state index in [2.05, 4.69) is 36.3 Å². The van der Waals surface area contributed by atoms with Gasteiger partial charge in [-0.15, -0.1) is 6.42 Å². The highest BCUT2D eigenvalue weighted by molar-refractivity contribution is 5.96. The van der Waals surface area contributed by atoms with Gasteiger partial charge in [0.15, 0.2) is 6.61 Å². The van der Waals surface area contributed by atoms with E-state index in [0.717, 1.165) is 62.6 Å². The summed E-state index contributed by atoms with van der Waals surface area (Å²) in [6.45, 7) is 4.82. The lowest BCUT2D eigenvalue weighted by Gasteiger charge is -2.58. The topological polar surface area (TPSA) is 70.9 Å². The van der Waals surface area contributed by atoms with Crippen LogP contribution in [0.3, 0.4) is 0 Å². The maximum Gasteiger partial charge on any atom is 0.261 e. The van der Waals surface area contributed by atoms with E-state index in [1.165, 1.54) is 17.7 Å². The Morgan fingerprint density at radius 1 is 1.17 bits per heavy atom. The van der Waals surface area contributed by atoms with Crippen molar-refractivity contribution in [3.63, 3.8) is 0 Å². The van der Waals surface area contributed by atoms with Gasteiger partial charge in [0, 0.05) is 12.0 Å². The largest absolute Gasteiger partial charge is 0.385 e. The molecule has 5 rings (SSSR count). The molecular weight excluding hydrogens is 455 g/mol. The molecule has 6 atom stereocenters. The monoisotopic (exact) mass is 492 g/mol. The number of rotatable bonds is 5. The Hall–Kier alpha value is -2.65. The molecule has 0 bridgehead atoms. The SMILES string of the molecule is C#C[C@@]1(O)CC[C@H]2[C@@H]3CCC4=C/C(=N/OCC(=O)NCc5ccc(F)cc5)CC[C@]4(C)[C@H]3CC[C@@]21C. The number of aliphatic hydroxyl groups is 1. The van der Waals surface area contributed by atoms with Crippen LogP contribution in [0.5, 0.6) is 0 Å². The average molecular weight is 493 g/mol. The van der Waals surface area contributed by atoms with E-state index in [-0.39, 0.29) is 29.2 Å². The van der Waals surface area contributed by atoms with E-state index >= 15 is 0 Å². The first kappa shape index (κ1) is 25.0. The van der Waals surface area contributed by atoms with Crippen molar-refractivity contribution in [2.24, 2.45) is 33.7 Å². The zero-order valence-electron chi connectivity index (χ0n) is 21.4. The van der Waals surface area contributed by atoms with Crippen molar-refractivity contribution in [1.82, 2.24) is 5.32 Å². The van der Waals surface area contributed by atoms with E-state index in [9.17, 15) is 14.3 Å². The highest BCUT2D eigenvalue weighted by Crippen LogP contribution is 2.67. The molecule has 3 fully saturated rings. The van der Waals surface area contributed by atoms with Gasteiger partial charge in [0.2, 0.25) is 0 Å². The van der Waals surface area contributed by atoms with Gasteiger partial charge in [0.05, 0.1) is 5.71 Å². The second-order valence-corrected chi connectivity index (χ2v) is 11.8. The quantitative estimate of drug-likeness (QED) is 0.442. The lowest BCUT2D eigenvalue weighted by atomic mass is 9.46. The molecule has 0 heterocycles. The van der Waals surface area contributed by atoms with Crippen LogP contribution in [0.1, 0.15) is 70.8 Å². The summed E-state index contributed by atoms with van der Waals surface area (Å²) in [7, 11) is 0. The first-order chi connectivity index (χ1) is 17.2. The number of nitrogens with one attached hydrogen (secondary N) is 1. The fourth-order valence-corrected chi connectivity index (χ4v) is 7.92. The van der Waals surface area contributed by atoms with Gasteiger partial charge in [-0.3, -0.25) is 4.79 Å². The van der Waals surface area contributed by atoms with Gasteiger partial charge in [0.1, 0.15) is 11.4 Å². The number of hydrogen-bond donors (Lipinski definition) is 2. The molecule has 2 N–H and O–H groups in total. The van der Waals surface area contributed by atoms with Crippen LogP contribution in [-0.2, 0) is 16.2 Å².